The highest BCUT2D eigenvalue weighted by Gasteiger charge is 2.19. The van der Waals surface area contributed by atoms with Crippen molar-refractivity contribution in [2.45, 2.75) is 55.7 Å². The number of nitrogen functional groups attached to an aromatic ring is 1. The molecule has 4 N–H and O–H groups in total. The number of benzene rings is 1. The molecule has 1 aromatic carbocycles. The number of hydrogen-bond acceptors (Lipinski definition) is 7. The lowest BCUT2D eigenvalue weighted by Crippen LogP contribution is -2.36. The van der Waals surface area contributed by atoms with Gasteiger partial charge < -0.3 is 20.9 Å². The quantitative estimate of drug-likeness (QED) is 0.333. The van der Waals surface area contributed by atoms with E-state index < -0.39 is 0 Å². The number of nitrogens with two attached hydrogens (primary N) is 1. The van der Waals surface area contributed by atoms with Gasteiger partial charge in [-0.05, 0) is 80.4 Å². The van der Waals surface area contributed by atoms with Crippen LogP contribution < -0.4 is 16.4 Å². The smallest absolute Gasteiger partial charge is 0.175 e. The van der Waals surface area contributed by atoms with E-state index in [1.807, 2.05) is 0 Å². The molecule has 0 atom stereocenters. The summed E-state index contributed by atoms with van der Waals surface area (Å²) in [7, 11) is 0. The number of halogens is 1. The van der Waals surface area contributed by atoms with Crippen molar-refractivity contribution in [1.29, 1.82) is 0 Å². The number of fused-ring (bicyclic) bond motifs is 2. The number of aryl methyl sites for hydroxylation is 1. The Morgan fingerprint density at radius 2 is 2.14 bits per heavy atom. The Kier molecular flexibility index (Phi) is 5.90. The van der Waals surface area contributed by atoms with Gasteiger partial charge in [0.1, 0.15) is 6.33 Å². The molecule has 7 nitrogen and oxygen atoms in total. The average Bonchev–Trinajstić information content (AvgIpc) is 3.23. The Bertz CT molecular complexity index is 1040. The van der Waals surface area contributed by atoms with Gasteiger partial charge in [-0.1, -0.05) is 11.8 Å². The van der Waals surface area contributed by atoms with Gasteiger partial charge in [-0.3, -0.25) is 0 Å². The van der Waals surface area contributed by atoms with Crippen LogP contribution in [0.4, 0.5) is 11.5 Å². The second kappa shape index (κ2) is 8.27. The summed E-state index contributed by atoms with van der Waals surface area (Å²) in [5.74, 6) is 0.427. The molecule has 0 amide bonds. The lowest BCUT2D eigenvalue weighted by atomic mass is 10.1. The van der Waals surface area contributed by atoms with E-state index in [0.29, 0.717) is 11.3 Å². The first-order chi connectivity index (χ1) is 13.8. The molecule has 0 aliphatic carbocycles. The predicted octanol–water partition coefficient (Wildman–Crippen LogP) is 3.91. The highest BCUT2D eigenvalue weighted by atomic mass is 127. The van der Waals surface area contributed by atoms with Crippen molar-refractivity contribution in [2.75, 3.05) is 24.1 Å². The second-order valence-corrected chi connectivity index (χ2v) is 10.4. The molecule has 0 saturated carbocycles. The summed E-state index contributed by atoms with van der Waals surface area (Å²) in [6.45, 7) is 9.29. The molecule has 0 radical (unpaired) electrons. The first kappa shape index (κ1) is 20.7. The number of hydrogen-bond donors (Lipinski definition) is 3. The molecule has 0 saturated heterocycles. The summed E-state index contributed by atoms with van der Waals surface area (Å²) in [6.07, 6.45) is 3.56. The fourth-order valence-electron chi connectivity index (χ4n) is 3.39. The molecular formula is C20H26IN7S. The van der Waals surface area contributed by atoms with Gasteiger partial charge in [-0.2, -0.15) is 0 Å². The third-order valence-corrected chi connectivity index (χ3v) is 7.12. The van der Waals surface area contributed by atoms with Crippen LogP contribution in [0, 0.1) is 3.57 Å². The van der Waals surface area contributed by atoms with Crippen molar-refractivity contribution >= 4 is 57.0 Å². The number of aromatic nitrogens is 4. The maximum atomic E-state index is 6.09. The van der Waals surface area contributed by atoms with E-state index in [9.17, 15) is 0 Å². The van der Waals surface area contributed by atoms with Gasteiger partial charge in [0, 0.05) is 32.8 Å². The molecule has 0 spiro atoms. The van der Waals surface area contributed by atoms with Crippen molar-refractivity contribution < 1.29 is 0 Å². The van der Waals surface area contributed by atoms with Crippen LogP contribution in [0.1, 0.15) is 32.8 Å². The van der Waals surface area contributed by atoms with Gasteiger partial charge >= 0.3 is 0 Å². The predicted molar refractivity (Wildman–Crippen MR) is 128 cm³/mol. The van der Waals surface area contributed by atoms with E-state index >= 15 is 0 Å². The lowest BCUT2D eigenvalue weighted by molar-refractivity contribution is 0.412. The van der Waals surface area contributed by atoms with Crippen LogP contribution in [0.2, 0.25) is 0 Å². The summed E-state index contributed by atoms with van der Waals surface area (Å²) in [6, 6.07) is 4.50. The first-order valence-electron chi connectivity index (χ1n) is 9.78. The summed E-state index contributed by atoms with van der Waals surface area (Å²) in [5, 5.41) is 7.90. The van der Waals surface area contributed by atoms with Crippen LogP contribution >= 0.6 is 34.4 Å². The zero-order chi connectivity index (χ0) is 20.6. The van der Waals surface area contributed by atoms with Gasteiger partial charge in [0.25, 0.3) is 0 Å². The minimum absolute atomic E-state index is 0.107. The zero-order valence-electron chi connectivity index (χ0n) is 16.9. The fourth-order valence-corrected chi connectivity index (χ4v) is 5.17. The van der Waals surface area contributed by atoms with E-state index in [4.69, 9.17) is 10.7 Å². The Morgan fingerprint density at radius 3 is 2.93 bits per heavy atom. The summed E-state index contributed by atoms with van der Waals surface area (Å²) in [4.78, 5) is 14.6. The molecule has 3 heterocycles. The number of nitrogens with zero attached hydrogens (tertiary/aromatic N) is 4. The largest absolute Gasteiger partial charge is 0.384 e. The van der Waals surface area contributed by atoms with Crippen molar-refractivity contribution in [1.82, 2.24) is 24.8 Å². The van der Waals surface area contributed by atoms with Crippen LogP contribution in [-0.4, -0.2) is 38.1 Å². The van der Waals surface area contributed by atoms with Crippen LogP contribution in [0.25, 0.3) is 11.2 Å². The zero-order valence-corrected chi connectivity index (χ0v) is 19.9. The van der Waals surface area contributed by atoms with Gasteiger partial charge in [-0.15, -0.1) is 0 Å². The highest BCUT2D eigenvalue weighted by Crippen LogP contribution is 2.37. The average molecular weight is 523 g/mol. The molecule has 0 bridgehead atoms. The van der Waals surface area contributed by atoms with Crippen LogP contribution in [0.15, 0.2) is 28.5 Å². The number of nitrogens with one attached hydrogen (secondary N) is 2. The Balaban J connectivity index is 1.64. The Labute approximate surface area is 188 Å². The molecule has 0 fully saturated rings. The topological polar surface area (TPSA) is 93.7 Å². The van der Waals surface area contributed by atoms with Gasteiger partial charge in [-0.25, -0.2) is 15.0 Å². The summed E-state index contributed by atoms with van der Waals surface area (Å²) in [5.41, 5.74) is 10.3. The third kappa shape index (κ3) is 4.61. The maximum absolute atomic E-state index is 6.09. The van der Waals surface area contributed by atoms with Crippen molar-refractivity contribution in [3.63, 3.8) is 0 Å². The molecule has 0 unspecified atom stereocenters. The third-order valence-electron chi connectivity index (χ3n) is 4.81. The Hall–Kier alpha value is -1.59. The standard InChI is InChI=1S/C20H26IN7S/c1-20(2,3)26-6-4-8-28-18-16(17(22)24-11-25-18)27-19(28)29-15-9-12-5-7-23-14(12)10-13(15)21/h9-11,23,26H,4-8H2,1-3H3,(H2,22,24,25). The molecule has 3 aromatic rings. The fraction of sp³-hybridized carbons (Fsp3) is 0.450. The lowest BCUT2D eigenvalue weighted by Gasteiger charge is -2.20. The first-order valence-corrected chi connectivity index (χ1v) is 11.7. The number of anilines is 2. The maximum Gasteiger partial charge on any atom is 0.175 e. The molecular weight excluding hydrogens is 497 g/mol. The van der Waals surface area contributed by atoms with Gasteiger partial charge in [0.05, 0.1) is 0 Å². The van der Waals surface area contributed by atoms with Crippen molar-refractivity contribution in [3.8, 4) is 0 Å². The van der Waals surface area contributed by atoms with E-state index in [1.54, 1.807) is 11.8 Å². The molecule has 1 aliphatic rings. The Morgan fingerprint density at radius 1 is 1.31 bits per heavy atom. The number of rotatable bonds is 6. The normalized spacial score (nSPS) is 13.7. The van der Waals surface area contributed by atoms with Crippen LogP contribution in [0.5, 0.6) is 0 Å². The summed E-state index contributed by atoms with van der Waals surface area (Å²) >= 11 is 4.08. The SMILES string of the molecule is CC(C)(C)NCCCn1c(Sc2cc3c(cc2I)NCC3)nc2c(N)ncnc21. The minimum atomic E-state index is 0.107. The minimum Gasteiger partial charge on any atom is -0.384 e. The molecule has 9 heteroatoms. The van der Waals surface area contributed by atoms with Gasteiger partial charge in [0.2, 0.25) is 0 Å². The monoisotopic (exact) mass is 523 g/mol. The molecule has 4 rings (SSSR count). The molecule has 154 valence electrons. The van der Waals surface area contributed by atoms with Crippen molar-refractivity contribution in [2.24, 2.45) is 0 Å². The number of imidazole rings is 1. The molecule has 2 aromatic heterocycles. The molecule has 1 aliphatic heterocycles. The van der Waals surface area contributed by atoms with Crippen LogP contribution in [0.3, 0.4) is 0 Å². The van der Waals surface area contributed by atoms with E-state index in [2.05, 4.69) is 80.7 Å². The van der Waals surface area contributed by atoms with Crippen LogP contribution in [-0.2, 0) is 13.0 Å². The molecule has 29 heavy (non-hydrogen) atoms. The van der Waals surface area contributed by atoms with E-state index in [-0.39, 0.29) is 5.54 Å². The van der Waals surface area contributed by atoms with E-state index in [0.717, 1.165) is 43.3 Å². The highest BCUT2D eigenvalue weighted by molar-refractivity contribution is 14.1. The van der Waals surface area contributed by atoms with Gasteiger partial charge in [0.15, 0.2) is 22.1 Å². The summed E-state index contributed by atoms with van der Waals surface area (Å²) < 4.78 is 3.39. The van der Waals surface area contributed by atoms with E-state index in [1.165, 1.54) is 26.0 Å². The second-order valence-electron chi connectivity index (χ2n) is 8.23. The van der Waals surface area contributed by atoms with Crippen molar-refractivity contribution in [3.05, 3.63) is 27.6 Å².